The first kappa shape index (κ1) is 12.2. The molecule has 1 aromatic heterocycles. The molecule has 1 saturated heterocycles. The van der Waals surface area contributed by atoms with Crippen LogP contribution in [0.1, 0.15) is 28.9 Å². The van der Waals surface area contributed by atoms with Crippen LogP contribution in [-0.2, 0) is 4.74 Å². The molecule has 100 valence electrons. The number of fused-ring (bicyclic) bond motifs is 1. The maximum atomic E-state index is 12.1. The highest BCUT2D eigenvalue weighted by Crippen LogP contribution is 2.17. The van der Waals surface area contributed by atoms with Crippen LogP contribution in [0.3, 0.4) is 0 Å². The third-order valence-electron chi connectivity index (χ3n) is 3.54. The Bertz CT molecular complexity index is 597. The molecule has 1 aromatic carbocycles. The van der Waals surface area contributed by atoms with Gasteiger partial charge in [0.2, 0.25) is 0 Å². The minimum atomic E-state index is -0.0654. The Morgan fingerprint density at radius 1 is 1.47 bits per heavy atom. The summed E-state index contributed by atoms with van der Waals surface area (Å²) in [6.07, 6.45) is 2.30. The van der Waals surface area contributed by atoms with Crippen LogP contribution in [0, 0.1) is 6.92 Å². The molecular formula is C15H18N2O2. The van der Waals surface area contributed by atoms with Gasteiger partial charge in [-0.2, -0.15) is 0 Å². The zero-order chi connectivity index (χ0) is 13.2. The molecule has 1 aliphatic rings. The van der Waals surface area contributed by atoms with Crippen LogP contribution in [0.15, 0.2) is 24.3 Å². The number of ether oxygens (including phenoxy) is 1. The SMILES string of the molecule is Cc1ccc2cc(C(=O)NCC3CCCO3)[nH]c2c1. The average molecular weight is 258 g/mol. The van der Waals surface area contributed by atoms with Crippen LogP contribution < -0.4 is 5.32 Å². The Labute approximate surface area is 112 Å². The summed E-state index contributed by atoms with van der Waals surface area (Å²) in [5.41, 5.74) is 2.79. The van der Waals surface area contributed by atoms with Gasteiger partial charge in [0.25, 0.3) is 5.91 Å². The summed E-state index contributed by atoms with van der Waals surface area (Å²) in [6, 6.07) is 8.01. The summed E-state index contributed by atoms with van der Waals surface area (Å²) in [7, 11) is 0. The molecule has 1 unspecified atom stereocenters. The van der Waals surface area contributed by atoms with Crippen LogP contribution in [0.2, 0.25) is 0 Å². The number of benzene rings is 1. The molecule has 2 aromatic rings. The quantitative estimate of drug-likeness (QED) is 0.888. The number of carbonyl (C=O) groups excluding carboxylic acids is 1. The highest BCUT2D eigenvalue weighted by atomic mass is 16.5. The van der Waals surface area contributed by atoms with E-state index in [0.717, 1.165) is 30.4 Å². The van der Waals surface area contributed by atoms with Gasteiger partial charge < -0.3 is 15.0 Å². The van der Waals surface area contributed by atoms with Gasteiger partial charge in [-0.25, -0.2) is 0 Å². The Kier molecular flexibility index (Phi) is 3.25. The van der Waals surface area contributed by atoms with Crippen molar-refractivity contribution in [2.24, 2.45) is 0 Å². The van der Waals surface area contributed by atoms with Gasteiger partial charge in [-0.15, -0.1) is 0 Å². The number of aromatic nitrogens is 1. The number of rotatable bonds is 3. The summed E-state index contributed by atoms with van der Waals surface area (Å²) >= 11 is 0. The fourth-order valence-corrected chi connectivity index (χ4v) is 2.47. The fraction of sp³-hybridized carbons (Fsp3) is 0.400. The summed E-state index contributed by atoms with van der Waals surface area (Å²) < 4.78 is 5.49. The molecule has 2 N–H and O–H groups in total. The molecular weight excluding hydrogens is 240 g/mol. The van der Waals surface area contributed by atoms with Crippen molar-refractivity contribution in [1.82, 2.24) is 10.3 Å². The van der Waals surface area contributed by atoms with E-state index in [1.54, 1.807) is 0 Å². The lowest BCUT2D eigenvalue weighted by atomic mass is 10.2. The van der Waals surface area contributed by atoms with E-state index in [2.05, 4.69) is 10.3 Å². The molecule has 0 radical (unpaired) electrons. The molecule has 4 heteroatoms. The second-order valence-electron chi connectivity index (χ2n) is 5.12. The highest BCUT2D eigenvalue weighted by Gasteiger charge is 2.17. The van der Waals surface area contributed by atoms with Crippen molar-refractivity contribution in [2.75, 3.05) is 13.2 Å². The molecule has 2 heterocycles. The summed E-state index contributed by atoms with van der Waals surface area (Å²) in [4.78, 5) is 15.2. The standard InChI is InChI=1S/C15H18N2O2/c1-10-4-5-11-8-14(17-13(11)7-10)15(18)16-9-12-3-2-6-19-12/h4-5,7-8,12,17H,2-3,6,9H2,1H3,(H,16,18). The largest absolute Gasteiger partial charge is 0.376 e. The Morgan fingerprint density at radius 3 is 3.16 bits per heavy atom. The van der Waals surface area contributed by atoms with E-state index in [1.165, 1.54) is 5.56 Å². The molecule has 0 spiro atoms. The van der Waals surface area contributed by atoms with Crippen molar-refractivity contribution in [2.45, 2.75) is 25.9 Å². The zero-order valence-electron chi connectivity index (χ0n) is 11.0. The van der Waals surface area contributed by atoms with Crippen LogP contribution in [0.25, 0.3) is 10.9 Å². The number of aromatic amines is 1. The molecule has 3 rings (SSSR count). The van der Waals surface area contributed by atoms with E-state index < -0.39 is 0 Å². The topological polar surface area (TPSA) is 54.1 Å². The van der Waals surface area contributed by atoms with Crippen LogP contribution in [0.5, 0.6) is 0 Å². The first-order valence-corrected chi connectivity index (χ1v) is 6.71. The Hall–Kier alpha value is -1.81. The summed E-state index contributed by atoms with van der Waals surface area (Å²) in [5, 5.41) is 3.98. The maximum Gasteiger partial charge on any atom is 0.267 e. The van der Waals surface area contributed by atoms with Gasteiger partial charge in [-0.05, 0) is 37.5 Å². The third kappa shape index (κ3) is 2.63. The number of hydrogen-bond donors (Lipinski definition) is 2. The molecule has 1 aliphatic heterocycles. The van der Waals surface area contributed by atoms with Gasteiger partial charge in [-0.1, -0.05) is 12.1 Å². The lowest BCUT2D eigenvalue weighted by Gasteiger charge is -2.09. The molecule has 0 aliphatic carbocycles. The molecule has 1 amide bonds. The predicted octanol–water partition coefficient (Wildman–Crippen LogP) is 2.39. The maximum absolute atomic E-state index is 12.1. The van der Waals surface area contributed by atoms with Gasteiger partial charge in [0.1, 0.15) is 5.69 Å². The van der Waals surface area contributed by atoms with Crippen LogP contribution in [-0.4, -0.2) is 30.1 Å². The molecule has 0 saturated carbocycles. The van der Waals surface area contributed by atoms with E-state index in [-0.39, 0.29) is 12.0 Å². The number of aryl methyl sites for hydroxylation is 1. The van der Waals surface area contributed by atoms with Gasteiger partial charge in [-0.3, -0.25) is 4.79 Å². The van der Waals surface area contributed by atoms with Gasteiger partial charge in [0.15, 0.2) is 0 Å². The molecule has 4 nitrogen and oxygen atoms in total. The number of carbonyl (C=O) groups is 1. The molecule has 1 atom stereocenters. The monoisotopic (exact) mass is 258 g/mol. The number of nitrogens with one attached hydrogen (secondary N) is 2. The van der Waals surface area contributed by atoms with Gasteiger partial charge >= 0.3 is 0 Å². The van der Waals surface area contributed by atoms with E-state index in [0.29, 0.717) is 12.2 Å². The van der Waals surface area contributed by atoms with E-state index in [4.69, 9.17) is 4.74 Å². The molecule has 0 bridgehead atoms. The van der Waals surface area contributed by atoms with Crippen molar-refractivity contribution in [3.05, 3.63) is 35.5 Å². The van der Waals surface area contributed by atoms with Crippen molar-refractivity contribution in [1.29, 1.82) is 0 Å². The molecule has 1 fully saturated rings. The second-order valence-corrected chi connectivity index (χ2v) is 5.12. The van der Waals surface area contributed by atoms with Crippen molar-refractivity contribution >= 4 is 16.8 Å². The number of H-pyrrole nitrogens is 1. The normalized spacial score (nSPS) is 18.9. The lowest BCUT2D eigenvalue weighted by Crippen LogP contribution is -2.31. The first-order valence-electron chi connectivity index (χ1n) is 6.71. The molecule has 19 heavy (non-hydrogen) atoms. The van der Waals surface area contributed by atoms with Crippen molar-refractivity contribution < 1.29 is 9.53 Å². The van der Waals surface area contributed by atoms with E-state index >= 15 is 0 Å². The minimum absolute atomic E-state index is 0.0654. The number of hydrogen-bond acceptors (Lipinski definition) is 2. The lowest BCUT2D eigenvalue weighted by molar-refractivity contribution is 0.0854. The fourth-order valence-electron chi connectivity index (χ4n) is 2.47. The average Bonchev–Trinajstić information content (AvgIpc) is 3.04. The highest BCUT2D eigenvalue weighted by molar-refractivity contribution is 5.98. The van der Waals surface area contributed by atoms with Gasteiger partial charge in [0.05, 0.1) is 6.10 Å². The van der Waals surface area contributed by atoms with Crippen LogP contribution >= 0.6 is 0 Å². The van der Waals surface area contributed by atoms with E-state index in [9.17, 15) is 4.79 Å². The zero-order valence-corrected chi connectivity index (χ0v) is 11.0. The summed E-state index contributed by atoms with van der Waals surface area (Å²) in [6.45, 7) is 3.44. The third-order valence-corrected chi connectivity index (χ3v) is 3.54. The summed E-state index contributed by atoms with van der Waals surface area (Å²) in [5.74, 6) is -0.0654. The van der Waals surface area contributed by atoms with E-state index in [1.807, 2.05) is 31.2 Å². The first-order chi connectivity index (χ1) is 9.22. The van der Waals surface area contributed by atoms with Crippen LogP contribution in [0.4, 0.5) is 0 Å². The van der Waals surface area contributed by atoms with Crippen molar-refractivity contribution in [3.8, 4) is 0 Å². The Balaban J connectivity index is 1.70. The smallest absolute Gasteiger partial charge is 0.267 e. The second kappa shape index (κ2) is 5.05. The van der Waals surface area contributed by atoms with Gasteiger partial charge in [0, 0.05) is 24.1 Å². The minimum Gasteiger partial charge on any atom is -0.376 e. The predicted molar refractivity (Wildman–Crippen MR) is 74.3 cm³/mol. The Morgan fingerprint density at radius 2 is 2.37 bits per heavy atom. The number of amides is 1. The van der Waals surface area contributed by atoms with Crippen molar-refractivity contribution in [3.63, 3.8) is 0 Å².